The number of rotatable bonds is 3. The van der Waals surface area contributed by atoms with Crippen LogP contribution in [0.5, 0.6) is 0 Å². The predicted octanol–water partition coefficient (Wildman–Crippen LogP) is 4.21. The van der Waals surface area contributed by atoms with Crippen molar-refractivity contribution in [3.8, 4) is 0 Å². The smallest absolute Gasteiger partial charge is 0.146 e. The van der Waals surface area contributed by atoms with Crippen molar-refractivity contribution in [2.45, 2.75) is 45.1 Å². The summed E-state index contributed by atoms with van der Waals surface area (Å²) in [5.41, 5.74) is 0.657. The first-order valence-corrected chi connectivity index (χ1v) is 6.30. The van der Waals surface area contributed by atoms with E-state index < -0.39 is 0 Å². The Kier molecular flexibility index (Phi) is 3.81. The van der Waals surface area contributed by atoms with Gasteiger partial charge in [-0.05, 0) is 30.9 Å². The number of halogens is 1. The predicted molar refractivity (Wildman–Crippen MR) is 66.1 cm³/mol. The van der Waals surface area contributed by atoms with Crippen LogP contribution < -0.4 is 5.32 Å². The summed E-state index contributed by atoms with van der Waals surface area (Å²) in [7, 11) is 0. The van der Waals surface area contributed by atoms with Crippen molar-refractivity contribution in [1.82, 2.24) is 0 Å². The molecule has 88 valence electrons. The van der Waals surface area contributed by atoms with Crippen LogP contribution in [0.25, 0.3) is 0 Å². The van der Waals surface area contributed by atoms with Crippen molar-refractivity contribution >= 4 is 5.69 Å². The summed E-state index contributed by atoms with van der Waals surface area (Å²) in [6.45, 7) is 2.25. The highest BCUT2D eigenvalue weighted by Crippen LogP contribution is 2.29. The molecule has 1 aromatic carbocycles. The van der Waals surface area contributed by atoms with Crippen LogP contribution in [0.1, 0.15) is 39.0 Å². The van der Waals surface area contributed by atoms with Gasteiger partial charge in [-0.3, -0.25) is 0 Å². The molecule has 0 radical (unpaired) electrons. The Morgan fingerprint density at radius 3 is 2.88 bits per heavy atom. The van der Waals surface area contributed by atoms with E-state index in [9.17, 15) is 4.39 Å². The van der Waals surface area contributed by atoms with Crippen molar-refractivity contribution in [3.05, 3.63) is 30.1 Å². The molecule has 2 unspecified atom stereocenters. The van der Waals surface area contributed by atoms with E-state index >= 15 is 0 Å². The van der Waals surface area contributed by atoms with E-state index in [0.717, 1.165) is 5.92 Å². The SMILES string of the molecule is CCC1CCCC(Nc2ccccc2F)C1. The molecule has 0 heterocycles. The second-order valence-electron chi connectivity index (χ2n) is 4.76. The lowest BCUT2D eigenvalue weighted by Crippen LogP contribution is -2.27. The average molecular weight is 221 g/mol. The lowest BCUT2D eigenvalue weighted by Gasteiger charge is -2.29. The van der Waals surface area contributed by atoms with Crippen LogP contribution in [0.2, 0.25) is 0 Å². The third kappa shape index (κ3) is 2.75. The summed E-state index contributed by atoms with van der Waals surface area (Å²) in [5, 5.41) is 3.34. The fourth-order valence-corrected chi connectivity index (χ4v) is 2.59. The molecule has 0 aromatic heterocycles. The Hall–Kier alpha value is -1.05. The number of hydrogen-bond acceptors (Lipinski definition) is 1. The minimum Gasteiger partial charge on any atom is -0.380 e. The molecule has 16 heavy (non-hydrogen) atoms. The van der Waals surface area contributed by atoms with Gasteiger partial charge in [0.2, 0.25) is 0 Å². The molecule has 1 aromatic rings. The van der Waals surface area contributed by atoms with Crippen molar-refractivity contribution in [3.63, 3.8) is 0 Å². The quantitative estimate of drug-likeness (QED) is 0.806. The molecule has 0 amide bonds. The average Bonchev–Trinajstić information content (AvgIpc) is 2.32. The van der Waals surface area contributed by atoms with Gasteiger partial charge in [-0.15, -0.1) is 0 Å². The first kappa shape index (κ1) is 11.4. The standard InChI is InChI=1S/C14H20FN/c1-2-11-6-5-7-12(10-11)16-14-9-4-3-8-13(14)15/h3-4,8-9,11-12,16H,2,5-7,10H2,1H3. The number of nitrogens with one attached hydrogen (secondary N) is 1. The third-order valence-corrected chi connectivity index (χ3v) is 3.59. The van der Waals surface area contributed by atoms with Gasteiger partial charge in [-0.25, -0.2) is 4.39 Å². The fourth-order valence-electron chi connectivity index (χ4n) is 2.59. The number of hydrogen-bond donors (Lipinski definition) is 1. The van der Waals surface area contributed by atoms with E-state index in [1.54, 1.807) is 6.07 Å². The number of benzene rings is 1. The molecule has 0 bridgehead atoms. The highest BCUT2D eigenvalue weighted by Gasteiger charge is 2.20. The Bertz CT molecular complexity index is 337. The van der Waals surface area contributed by atoms with Gasteiger partial charge in [0.1, 0.15) is 5.82 Å². The molecular formula is C14H20FN. The molecule has 0 aliphatic heterocycles. The van der Waals surface area contributed by atoms with E-state index in [1.165, 1.54) is 38.2 Å². The molecule has 2 rings (SSSR count). The van der Waals surface area contributed by atoms with Crippen LogP contribution in [0.3, 0.4) is 0 Å². The lowest BCUT2D eigenvalue weighted by atomic mass is 9.84. The Labute approximate surface area is 97.1 Å². The molecule has 2 atom stereocenters. The summed E-state index contributed by atoms with van der Waals surface area (Å²) in [6.07, 6.45) is 6.21. The van der Waals surface area contributed by atoms with Crippen molar-refractivity contribution in [2.75, 3.05) is 5.32 Å². The second kappa shape index (κ2) is 5.33. The lowest BCUT2D eigenvalue weighted by molar-refractivity contribution is 0.327. The van der Waals surface area contributed by atoms with Crippen LogP contribution in [0.4, 0.5) is 10.1 Å². The first-order valence-electron chi connectivity index (χ1n) is 6.30. The van der Waals surface area contributed by atoms with Gasteiger partial charge in [-0.1, -0.05) is 38.3 Å². The van der Waals surface area contributed by atoms with Gasteiger partial charge in [0, 0.05) is 6.04 Å². The molecule has 1 nitrogen and oxygen atoms in total. The molecule has 0 saturated heterocycles. The molecule has 0 spiro atoms. The molecule has 1 saturated carbocycles. The van der Waals surface area contributed by atoms with E-state index in [4.69, 9.17) is 0 Å². The summed E-state index contributed by atoms with van der Waals surface area (Å²) in [5.74, 6) is 0.680. The summed E-state index contributed by atoms with van der Waals surface area (Å²) < 4.78 is 13.5. The molecule has 1 aliphatic carbocycles. The van der Waals surface area contributed by atoms with Gasteiger partial charge >= 0.3 is 0 Å². The Balaban J connectivity index is 1.97. The maximum atomic E-state index is 13.5. The highest BCUT2D eigenvalue weighted by molar-refractivity contribution is 5.45. The second-order valence-corrected chi connectivity index (χ2v) is 4.76. The highest BCUT2D eigenvalue weighted by atomic mass is 19.1. The van der Waals surface area contributed by atoms with Gasteiger partial charge in [0.05, 0.1) is 5.69 Å². The molecule has 1 aliphatic rings. The Morgan fingerprint density at radius 1 is 1.31 bits per heavy atom. The maximum Gasteiger partial charge on any atom is 0.146 e. The van der Waals surface area contributed by atoms with E-state index in [1.807, 2.05) is 12.1 Å². The summed E-state index contributed by atoms with van der Waals surface area (Å²) >= 11 is 0. The zero-order valence-electron chi connectivity index (χ0n) is 9.88. The normalized spacial score (nSPS) is 25.4. The zero-order valence-corrected chi connectivity index (χ0v) is 9.88. The van der Waals surface area contributed by atoms with E-state index in [-0.39, 0.29) is 5.82 Å². The summed E-state index contributed by atoms with van der Waals surface area (Å²) in [6, 6.07) is 7.41. The van der Waals surface area contributed by atoms with Crippen molar-refractivity contribution in [2.24, 2.45) is 5.92 Å². The third-order valence-electron chi connectivity index (χ3n) is 3.59. The van der Waals surface area contributed by atoms with Gasteiger partial charge in [-0.2, -0.15) is 0 Å². The molecule has 1 N–H and O–H groups in total. The van der Waals surface area contributed by atoms with Crippen LogP contribution in [0.15, 0.2) is 24.3 Å². The fraction of sp³-hybridized carbons (Fsp3) is 0.571. The first-order chi connectivity index (χ1) is 7.79. The Morgan fingerprint density at radius 2 is 2.12 bits per heavy atom. The number of para-hydroxylation sites is 1. The van der Waals surface area contributed by atoms with Gasteiger partial charge in [0.25, 0.3) is 0 Å². The minimum absolute atomic E-state index is 0.138. The van der Waals surface area contributed by atoms with E-state index in [2.05, 4.69) is 12.2 Å². The monoisotopic (exact) mass is 221 g/mol. The summed E-state index contributed by atoms with van der Waals surface area (Å²) in [4.78, 5) is 0. The minimum atomic E-state index is -0.138. The van der Waals surface area contributed by atoms with Crippen LogP contribution in [-0.4, -0.2) is 6.04 Å². The van der Waals surface area contributed by atoms with Crippen molar-refractivity contribution < 1.29 is 4.39 Å². The van der Waals surface area contributed by atoms with Gasteiger partial charge in [0.15, 0.2) is 0 Å². The largest absolute Gasteiger partial charge is 0.380 e. The van der Waals surface area contributed by atoms with E-state index in [0.29, 0.717) is 11.7 Å². The van der Waals surface area contributed by atoms with Gasteiger partial charge < -0.3 is 5.32 Å². The number of anilines is 1. The zero-order chi connectivity index (χ0) is 11.4. The van der Waals surface area contributed by atoms with Crippen molar-refractivity contribution in [1.29, 1.82) is 0 Å². The maximum absolute atomic E-state index is 13.5. The van der Waals surface area contributed by atoms with Crippen LogP contribution >= 0.6 is 0 Å². The van der Waals surface area contributed by atoms with Crippen LogP contribution in [0, 0.1) is 11.7 Å². The molecule has 1 fully saturated rings. The molecular weight excluding hydrogens is 201 g/mol. The van der Waals surface area contributed by atoms with Crippen LogP contribution in [-0.2, 0) is 0 Å². The topological polar surface area (TPSA) is 12.0 Å². The molecule has 2 heteroatoms.